The molecule has 2 amide bonds. The molecule has 10 rings (SSSR count). The van der Waals surface area contributed by atoms with Gasteiger partial charge in [-0.15, -0.1) is 11.3 Å². The molecule has 4 aliphatic heterocycles. The summed E-state index contributed by atoms with van der Waals surface area (Å²) in [5, 5.41) is 7.30. The first-order chi connectivity index (χ1) is 36.1. The fraction of sp³-hybridized carbons (Fsp3) is 0.569. The van der Waals surface area contributed by atoms with Crippen LogP contribution in [-0.2, 0) is 48.0 Å². The highest BCUT2D eigenvalue weighted by Crippen LogP contribution is 2.44. The molecule has 1 unspecified atom stereocenters. The van der Waals surface area contributed by atoms with Gasteiger partial charge in [0.2, 0.25) is 5.91 Å². The Morgan fingerprint density at radius 3 is 2.56 bits per heavy atom. The van der Waals surface area contributed by atoms with Gasteiger partial charge >= 0.3 is 5.97 Å². The van der Waals surface area contributed by atoms with E-state index in [4.69, 9.17) is 24.2 Å². The molecule has 3 aromatic heterocycles. The van der Waals surface area contributed by atoms with Crippen LogP contribution in [0.5, 0.6) is 0 Å². The number of thiazole rings is 1. The van der Waals surface area contributed by atoms with E-state index in [9.17, 15) is 4.79 Å². The van der Waals surface area contributed by atoms with Crippen molar-refractivity contribution >= 4 is 56.0 Å². The van der Waals surface area contributed by atoms with Gasteiger partial charge in [0.25, 0.3) is 5.91 Å². The number of ether oxygens (including phenoxy) is 3. The van der Waals surface area contributed by atoms with Crippen molar-refractivity contribution < 1.29 is 28.6 Å². The Labute approximate surface area is 450 Å². The zero-order valence-electron chi connectivity index (χ0n) is 45.0. The fourth-order valence-corrected chi connectivity index (χ4v) is 13.7. The van der Waals surface area contributed by atoms with Crippen molar-refractivity contribution in [2.45, 2.75) is 127 Å². The van der Waals surface area contributed by atoms with Crippen molar-refractivity contribution in [2.75, 3.05) is 78.6 Å². The van der Waals surface area contributed by atoms with Crippen LogP contribution in [0.1, 0.15) is 106 Å². The summed E-state index contributed by atoms with van der Waals surface area (Å²) in [7, 11) is 9.76. The summed E-state index contributed by atoms with van der Waals surface area (Å²) in [4.78, 5) is 62.0. The zero-order chi connectivity index (χ0) is 52.6. The summed E-state index contributed by atoms with van der Waals surface area (Å²) in [5.74, 6) is -0.651. The topological polar surface area (TPSA) is 147 Å². The van der Waals surface area contributed by atoms with Crippen molar-refractivity contribution in [1.29, 1.82) is 0 Å². The van der Waals surface area contributed by atoms with Crippen LogP contribution in [-0.4, -0.2) is 154 Å². The molecule has 399 valence electrons. The first kappa shape index (κ1) is 53.4. The standard InChI is InChI=1S/C58H76N9O6SSi/c1-8-66-48-20-19-40-29-43(48)45(53(66)44-30-41(33-59-51(44)37(2)71-7)65-26-24-63(5)25-27-65)32-57(3,4)36-73-56(70)58(75)22-14-23-67(62-58)55(69)46(31-50-60-47(40)35-74-50)61-54(68)52(39-17-12-13-18-39)64(6)34-49-42(21-28-72-49)38-15-10-9-11-16-38/h9-11,15-16,19-20,29-30,33,35,37,39,42,46,49,52,62H,8,12-14,17-18,21-28,31-32,34,36H2,1-7H3,(H,61,68)/t37-,42?,46-,49-,52-,58-/m0/s1. The molecule has 4 fully saturated rings. The number of carbonyl (C=O) groups excluding carboxylic acids is 3. The van der Waals surface area contributed by atoms with E-state index in [2.05, 4.69) is 129 Å². The molecule has 0 spiro atoms. The SMILES string of the molecule is CCn1c(-c2cc(N3CCN(C)CC3)cnc2[C@H](C)OC)c2c3cc(ccc31)-c1csc(n1)C[C@H](NC(=O)[C@H](C1CCCC1)N(C)C[C@@H]1OCCC1c1ccccc1)C(=O)N1CCC[C@@]([Si])(N1)C(=O)OCC(C)(C)C2. The largest absolute Gasteiger partial charge is 0.464 e. The average molecular weight is 1060 g/mol. The van der Waals surface area contributed by atoms with Crippen LogP contribution in [0.2, 0.25) is 0 Å². The third kappa shape index (κ3) is 11.2. The summed E-state index contributed by atoms with van der Waals surface area (Å²) in [6.07, 6.45) is 8.26. The highest BCUT2D eigenvalue weighted by molar-refractivity contribution is 7.10. The van der Waals surface area contributed by atoms with Gasteiger partial charge in [0.1, 0.15) is 11.2 Å². The number of carbonyl (C=O) groups is 3. The van der Waals surface area contributed by atoms with Crippen molar-refractivity contribution in [3.8, 4) is 22.5 Å². The smallest absolute Gasteiger partial charge is 0.323 e. The molecule has 6 bridgehead atoms. The molecule has 1 aliphatic carbocycles. The number of nitrogens with zero attached hydrogens (tertiary/aromatic N) is 7. The Morgan fingerprint density at radius 2 is 1.81 bits per heavy atom. The van der Waals surface area contributed by atoms with Gasteiger partial charge in [-0.3, -0.25) is 29.3 Å². The Morgan fingerprint density at radius 1 is 1.04 bits per heavy atom. The lowest BCUT2D eigenvalue weighted by molar-refractivity contribution is -0.158. The maximum atomic E-state index is 15.1. The molecule has 2 aromatic carbocycles. The van der Waals surface area contributed by atoms with Crippen molar-refractivity contribution in [3.05, 3.63) is 88.0 Å². The molecular weight excluding hydrogens is 979 g/mol. The van der Waals surface area contributed by atoms with E-state index in [-0.39, 0.29) is 48.9 Å². The number of likely N-dealkylation sites (N-methyl/N-ethyl adjacent to an activating group) is 2. The number of fused-ring (bicyclic) bond motifs is 6. The molecule has 15 nitrogen and oxygen atoms in total. The van der Waals surface area contributed by atoms with Crippen LogP contribution in [0.3, 0.4) is 0 Å². The second-order valence-corrected chi connectivity index (χ2v) is 24.5. The van der Waals surface area contributed by atoms with E-state index in [0.717, 1.165) is 114 Å². The summed E-state index contributed by atoms with van der Waals surface area (Å²) in [5.41, 5.74) is 12.0. The molecule has 3 saturated heterocycles. The average Bonchev–Trinajstić information content (AvgIpc) is 4.27. The Kier molecular flexibility index (Phi) is 16.0. The van der Waals surface area contributed by atoms with Crippen LogP contribution in [0.4, 0.5) is 5.69 Å². The number of pyridine rings is 1. The molecule has 1 saturated carbocycles. The highest BCUT2D eigenvalue weighted by Gasteiger charge is 2.45. The summed E-state index contributed by atoms with van der Waals surface area (Å²) >= 11 is 1.49. The number of hydrogen-bond acceptors (Lipinski definition) is 13. The lowest BCUT2D eigenvalue weighted by Crippen LogP contribution is -2.67. The van der Waals surface area contributed by atoms with E-state index >= 15 is 9.59 Å². The number of benzene rings is 2. The number of piperazine rings is 1. The highest BCUT2D eigenvalue weighted by atomic mass is 32.1. The molecule has 3 radical (unpaired) electrons. The van der Waals surface area contributed by atoms with Gasteiger partial charge < -0.3 is 33.9 Å². The normalized spacial score (nSPS) is 24.9. The predicted octanol–water partition coefficient (Wildman–Crippen LogP) is 7.51. The summed E-state index contributed by atoms with van der Waals surface area (Å²) < 4.78 is 21.1. The lowest BCUT2D eigenvalue weighted by Gasteiger charge is -2.41. The second kappa shape index (κ2) is 22.5. The predicted molar refractivity (Wildman–Crippen MR) is 296 cm³/mol. The van der Waals surface area contributed by atoms with E-state index in [1.807, 2.05) is 19.3 Å². The number of cyclic esters (lactones) is 1. The maximum absolute atomic E-state index is 15.1. The van der Waals surface area contributed by atoms with Crippen LogP contribution < -0.4 is 15.6 Å². The first-order valence-corrected chi connectivity index (χ1v) is 28.8. The Balaban J connectivity index is 1.03. The van der Waals surface area contributed by atoms with Gasteiger partial charge in [0, 0.05) is 105 Å². The van der Waals surface area contributed by atoms with Crippen LogP contribution in [0.25, 0.3) is 33.4 Å². The van der Waals surface area contributed by atoms with Crippen molar-refractivity contribution in [1.82, 2.24) is 40.1 Å². The minimum Gasteiger partial charge on any atom is -0.464 e. The van der Waals surface area contributed by atoms with Crippen LogP contribution in [0.15, 0.2) is 66.2 Å². The second-order valence-electron chi connectivity index (χ2n) is 22.7. The third-order valence-electron chi connectivity index (χ3n) is 16.7. The summed E-state index contributed by atoms with van der Waals surface area (Å²) in [6.45, 7) is 14.7. The molecular formula is C58H76N9O6SSi. The van der Waals surface area contributed by atoms with Gasteiger partial charge in [-0.05, 0) is 102 Å². The van der Waals surface area contributed by atoms with Gasteiger partial charge in [0.15, 0.2) is 0 Å². The third-order valence-corrected chi connectivity index (χ3v) is 18.1. The number of nitrogens with one attached hydrogen (secondary N) is 2. The number of aryl methyl sites for hydroxylation is 1. The molecule has 5 aliphatic rings. The van der Waals surface area contributed by atoms with Gasteiger partial charge in [-0.25, -0.2) is 10.4 Å². The molecule has 6 atom stereocenters. The fourth-order valence-electron chi connectivity index (χ4n) is 12.5. The van der Waals surface area contributed by atoms with Crippen molar-refractivity contribution in [2.24, 2.45) is 11.3 Å². The van der Waals surface area contributed by atoms with E-state index in [1.54, 1.807) is 7.11 Å². The van der Waals surface area contributed by atoms with Crippen LogP contribution >= 0.6 is 11.3 Å². The van der Waals surface area contributed by atoms with E-state index < -0.39 is 28.6 Å². The van der Waals surface area contributed by atoms with Gasteiger partial charge in [-0.2, -0.15) is 0 Å². The molecule has 17 heteroatoms. The molecule has 5 aromatic rings. The minimum absolute atomic E-state index is 0.0649. The molecule has 75 heavy (non-hydrogen) atoms. The van der Waals surface area contributed by atoms with Gasteiger partial charge in [-0.1, -0.05) is 63.1 Å². The lowest BCUT2D eigenvalue weighted by atomic mass is 9.84. The number of hydrogen-bond donors (Lipinski definition) is 2. The number of rotatable bonds is 12. The number of amides is 2. The number of hydrazine groups is 1. The number of anilines is 1. The van der Waals surface area contributed by atoms with Gasteiger partial charge in [0.05, 0.1) is 69.1 Å². The van der Waals surface area contributed by atoms with Crippen molar-refractivity contribution in [3.63, 3.8) is 0 Å². The maximum Gasteiger partial charge on any atom is 0.323 e. The Bertz CT molecular complexity index is 2840. The zero-order valence-corrected chi connectivity index (χ0v) is 46.8. The molecule has 2 N–H and O–H groups in total. The minimum atomic E-state index is -1.37. The monoisotopic (exact) mass is 1050 g/mol. The Hall–Kier alpha value is -5.01. The van der Waals surface area contributed by atoms with E-state index in [0.29, 0.717) is 45.5 Å². The number of esters is 1. The molecule has 7 heterocycles. The van der Waals surface area contributed by atoms with Crippen LogP contribution in [0, 0.1) is 11.3 Å². The first-order valence-electron chi connectivity index (χ1n) is 27.4. The van der Waals surface area contributed by atoms with E-state index in [1.165, 1.54) is 21.9 Å². The number of methoxy groups -OCH3 is 1. The quantitative estimate of drug-likeness (QED) is 0.0942. The summed E-state index contributed by atoms with van der Waals surface area (Å²) in [6, 6.07) is 18.0. The number of aromatic nitrogens is 3.